The Morgan fingerprint density at radius 3 is 2.62 bits per heavy atom. The van der Waals surface area contributed by atoms with Crippen molar-refractivity contribution < 1.29 is 14.3 Å². The normalized spacial score (nSPS) is 15.1. The molecule has 0 saturated heterocycles. The van der Waals surface area contributed by atoms with Crippen molar-refractivity contribution in [2.45, 2.75) is 25.8 Å². The number of carbonyl (C=O) groups is 2. The number of hydrogen-bond acceptors (Lipinski definition) is 4. The van der Waals surface area contributed by atoms with Crippen LogP contribution in [-0.2, 0) is 16.0 Å². The third-order valence-electron chi connectivity index (χ3n) is 6.25. The van der Waals surface area contributed by atoms with Crippen molar-refractivity contribution in [1.29, 1.82) is 0 Å². The van der Waals surface area contributed by atoms with Crippen LogP contribution in [0.15, 0.2) is 64.5 Å². The Hall–Kier alpha value is -2.48. The van der Waals surface area contributed by atoms with Crippen molar-refractivity contribution >= 4 is 39.1 Å². The van der Waals surface area contributed by atoms with Crippen molar-refractivity contribution in [3.8, 4) is 0 Å². The first kappa shape index (κ1) is 24.6. The van der Waals surface area contributed by atoms with Crippen LogP contribution < -0.4 is 0 Å². The molecule has 2 amide bonds. The molecule has 0 radical (unpaired) electrons. The number of rotatable bonds is 8. The molecule has 1 unspecified atom stereocenters. The van der Waals surface area contributed by atoms with Gasteiger partial charge in [0, 0.05) is 41.7 Å². The Balaban J connectivity index is 1.61. The Bertz CT molecular complexity index is 1140. The number of fused-ring (bicyclic) bond motifs is 1. The molecule has 34 heavy (non-hydrogen) atoms. The number of hydrogen-bond donors (Lipinski definition) is 0. The van der Waals surface area contributed by atoms with E-state index in [0.717, 1.165) is 22.0 Å². The first-order valence-corrected chi connectivity index (χ1v) is 13.1. The summed E-state index contributed by atoms with van der Waals surface area (Å²) in [7, 11) is 1.64. The maximum atomic E-state index is 13.8. The summed E-state index contributed by atoms with van der Waals surface area (Å²) < 4.78 is 6.10. The summed E-state index contributed by atoms with van der Waals surface area (Å²) in [6.07, 6.45) is 1.51. The minimum atomic E-state index is -0.141. The van der Waals surface area contributed by atoms with Gasteiger partial charge in [0.1, 0.15) is 6.54 Å². The number of aryl methyl sites for hydroxylation is 1. The third kappa shape index (κ3) is 5.43. The maximum absolute atomic E-state index is 13.8. The molecule has 1 atom stereocenters. The summed E-state index contributed by atoms with van der Waals surface area (Å²) in [4.78, 5) is 32.0. The molecule has 7 heteroatoms. The summed E-state index contributed by atoms with van der Waals surface area (Å²) in [5.41, 5.74) is 4.07. The molecule has 0 N–H and O–H groups in total. The van der Waals surface area contributed by atoms with Crippen LogP contribution in [0.25, 0.3) is 0 Å². The molecule has 0 spiro atoms. The first-order valence-electron chi connectivity index (χ1n) is 11.4. The van der Waals surface area contributed by atoms with E-state index < -0.39 is 0 Å². The molecule has 5 nitrogen and oxygen atoms in total. The molecular weight excluding hydrogens is 512 g/mol. The molecule has 2 aromatic carbocycles. The number of amides is 2. The third-order valence-corrected chi connectivity index (χ3v) is 7.78. The standard InChI is InChI=1S/C27H29BrN2O3S/c1-19-6-3-4-7-22(19)26-23-13-17-34-24(23)12-15-30(26)25(31)18-29(14-5-16-33-2)27(32)20-8-10-21(28)11-9-20/h3-4,6-11,13,17,26H,5,12,14-16,18H2,1-2H3. The van der Waals surface area contributed by atoms with E-state index in [1.807, 2.05) is 29.2 Å². The fraction of sp³-hybridized carbons (Fsp3) is 0.333. The molecule has 1 aromatic heterocycles. The van der Waals surface area contributed by atoms with Crippen LogP contribution >= 0.6 is 27.3 Å². The second kappa shape index (κ2) is 11.3. The zero-order valence-electron chi connectivity index (χ0n) is 19.5. The second-order valence-electron chi connectivity index (χ2n) is 8.48. The van der Waals surface area contributed by atoms with Crippen LogP contribution in [0.4, 0.5) is 0 Å². The molecule has 1 aliphatic rings. The summed E-state index contributed by atoms with van der Waals surface area (Å²) in [6, 6.07) is 17.5. The number of benzene rings is 2. The zero-order chi connectivity index (χ0) is 24.1. The summed E-state index contributed by atoms with van der Waals surface area (Å²) >= 11 is 5.17. The predicted molar refractivity (Wildman–Crippen MR) is 139 cm³/mol. The van der Waals surface area contributed by atoms with Crippen molar-refractivity contribution in [1.82, 2.24) is 9.80 Å². The molecule has 0 aliphatic carbocycles. The number of nitrogens with zero attached hydrogens (tertiary/aromatic N) is 2. The summed E-state index contributed by atoms with van der Waals surface area (Å²) in [5.74, 6) is -0.175. The predicted octanol–water partition coefficient (Wildman–Crippen LogP) is 5.47. The van der Waals surface area contributed by atoms with Crippen molar-refractivity contribution in [2.24, 2.45) is 0 Å². The molecule has 0 fully saturated rings. The molecular formula is C27H29BrN2O3S. The van der Waals surface area contributed by atoms with Crippen LogP contribution in [0.1, 0.15) is 44.4 Å². The lowest BCUT2D eigenvalue weighted by Crippen LogP contribution is -2.47. The highest BCUT2D eigenvalue weighted by molar-refractivity contribution is 9.10. The fourth-order valence-electron chi connectivity index (χ4n) is 4.50. The summed E-state index contributed by atoms with van der Waals surface area (Å²) in [5, 5.41) is 2.11. The molecule has 2 heterocycles. The van der Waals surface area contributed by atoms with Gasteiger partial charge in [-0.2, -0.15) is 0 Å². The molecule has 0 bridgehead atoms. The van der Waals surface area contributed by atoms with Crippen molar-refractivity contribution in [2.75, 3.05) is 33.4 Å². The van der Waals surface area contributed by atoms with Crippen LogP contribution in [0.5, 0.6) is 0 Å². The van der Waals surface area contributed by atoms with Gasteiger partial charge in [-0.25, -0.2) is 0 Å². The van der Waals surface area contributed by atoms with E-state index in [1.165, 1.54) is 10.4 Å². The van der Waals surface area contributed by atoms with Crippen molar-refractivity contribution in [3.05, 3.63) is 91.6 Å². The van der Waals surface area contributed by atoms with Gasteiger partial charge in [0.15, 0.2) is 0 Å². The molecule has 1 aliphatic heterocycles. The lowest BCUT2D eigenvalue weighted by Gasteiger charge is -2.38. The average molecular weight is 542 g/mol. The Morgan fingerprint density at radius 1 is 1.12 bits per heavy atom. The fourth-order valence-corrected chi connectivity index (χ4v) is 5.66. The van der Waals surface area contributed by atoms with E-state index in [0.29, 0.717) is 31.7 Å². The second-order valence-corrected chi connectivity index (χ2v) is 10.4. The Morgan fingerprint density at radius 2 is 1.88 bits per heavy atom. The van der Waals surface area contributed by atoms with E-state index in [1.54, 1.807) is 35.5 Å². The van der Waals surface area contributed by atoms with Gasteiger partial charge in [0.2, 0.25) is 5.91 Å². The van der Waals surface area contributed by atoms with E-state index in [2.05, 4.69) is 46.4 Å². The number of halogens is 1. The minimum absolute atomic E-state index is 0.0343. The monoisotopic (exact) mass is 540 g/mol. The first-order chi connectivity index (χ1) is 16.5. The van der Waals surface area contributed by atoms with Gasteiger partial charge in [-0.05, 0) is 72.2 Å². The smallest absolute Gasteiger partial charge is 0.254 e. The molecule has 178 valence electrons. The average Bonchev–Trinajstić information content (AvgIpc) is 3.32. The lowest BCUT2D eigenvalue weighted by molar-refractivity contribution is -0.134. The van der Waals surface area contributed by atoms with Crippen LogP contribution in [0, 0.1) is 6.92 Å². The van der Waals surface area contributed by atoms with Gasteiger partial charge in [0.05, 0.1) is 6.04 Å². The molecule has 3 aromatic rings. The van der Waals surface area contributed by atoms with Gasteiger partial charge in [0.25, 0.3) is 5.91 Å². The maximum Gasteiger partial charge on any atom is 0.254 e. The Labute approximate surface area is 213 Å². The van der Waals surface area contributed by atoms with E-state index >= 15 is 0 Å². The largest absolute Gasteiger partial charge is 0.385 e. The molecule has 0 saturated carbocycles. The molecule has 4 rings (SSSR count). The number of methoxy groups -OCH3 is 1. The quantitative estimate of drug-likeness (QED) is 0.356. The highest BCUT2D eigenvalue weighted by Crippen LogP contribution is 2.39. The minimum Gasteiger partial charge on any atom is -0.385 e. The summed E-state index contributed by atoms with van der Waals surface area (Å²) in [6.45, 7) is 3.77. The number of thiophene rings is 1. The van der Waals surface area contributed by atoms with Gasteiger partial charge < -0.3 is 14.5 Å². The highest BCUT2D eigenvalue weighted by Gasteiger charge is 2.34. The Kier molecular flexibility index (Phi) is 8.19. The van der Waals surface area contributed by atoms with Gasteiger partial charge >= 0.3 is 0 Å². The number of ether oxygens (including phenoxy) is 1. The van der Waals surface area contributed by atoms with E-state index in [-0.39, 0.29) is 24.4 Å². The van der Waals surface area contributed by atoms with Crippen molar-refractivity contribution in [3.63, 3.8) is 0 Å². The number of carbonyl (C=O) groups excluding carboxylic acids is 2. The van der Waals surface area contributed by atoms with Gasteiger partial charge in [-0.15, -0.1) is 11.3 Å². The van der Waals surface area contributed by atoms with Gasteiger partial charge in [-0.1, -0.05) is 40.2 Å². The van der Waals surface area contributed by atoms with E-state index in [4.69, 9.17) is 4.74 Å². The van der Waals surface area contributed by atoms with Crippen LogP contribution in [0.3, 0.4) is 0 Å². The van der Waals surface area contributed by atoms with Crippen LogP contribution in [-0.4, -0.2) is 55.0 Å². The highest BCUT2D eigenvalue weighted by atomic mass is 79.9. The SMILES string of the molecule is COCCCN(CC(=O)N1CCc2sccc2C1c1ccccc1C)C(=O)c1ccc(Br)cc1. The topological polar surface area (TPSA) is 49.9 Å². The van der Waals surface area contributed by atoms with E-state index in [9.17, 15) is 9.59 Å². The lowest BCUT2D eigenvalue weighted by atomic mass is 9.90. The zero-order valence-corrected chi connectivity index (χ0v) is 21.9. The van der Waals surface area contributed by atoms with Gasteiger partial charge in [-0.3, -0.25) is 9.59 Å². The van der Waals surface area contributed by atoms with Crippen LogP contribution in [0.2, 0.25) is 0 Å².